The van der Waals surface area contributed by atoms with Crippen LogP contribution in [0.1, 0.15) is 22.8 Å². The number of hydrogen-bond acceptors (Lipinski definition) is 5. The van der Waals surface area contributed by atoms with Crippen LogP contribution in [0.4, 0.5) is 5.69 Å². The molecule has 1 amide bonds. The van der Waals surface area contributed by atoms with E-state index in [1.165, 1.54) is 6.07 Å². The van der Waals surface area contributed by atoms with E-state index in [0.29, 0.717) is 28.3 Å². The van der Waals surface area contributed by atoms with Crippen LogP contribution in [-0.2, 0) is 6.42 Å². The second-order valence-corrected chi connectivity index (χ2v) is 8.67. The van der Waals surface area contributed by atoms with E-state index >= 15 is 0 Å². The Morgan fingerprint density at radius 3 is 2.44 bits per heavy atom. The molecule has 0 radical (unpaired) electrons. The second-order valence-electron chi connectivity index (χ2n) is 8.26. The molecule has 6 nitrogen and oxygen atoms in total. The molecule has 0 aliphatic carbocycles. The molecule has 0 atom stereocenters. The van der Waals surface area contributed by atoms with Crippen LogP contribution >= 0.6 is 12.2 Å². The zero-order valence-corrected chi connectivity index (χ0v) is 20.3. The molecule has 3 N–H and O–H groups in total. The molecule has 1 heterocycles. The molecule has 0 aliphatic heterocycles. The molecule has 0 bridgehead atoms. The van der Waals surface area contributed by atoms with Crippen molar-refractivity contribution in [3.63, 3.8) is 0 Å². The SMILES string of the molecule is CCc1ccc2oc(-c3cc(NC(=S)NC(=O)c4ccc(-c5ccccc5)cc4)ccc3O)nc2c1. The third-order valence-electron chi connectivity index (χ3n) is 5.83. The van der Waals surface area contributed by atoms with E-state index in [9.17, 15) is 9.90 Å². The fraction of sp³-hybridized carbons (Fsp3) is 0.0690. The lowest BCUT2D eigenvalue weighted by Gasteiger charge is -2.11. The van der Waals surface area contributed by atoms with Gasteiger partial charge < -0.3 is 14.8 Å². The van der Waals surface area contributed by atoms with Gasteiger partial charge in [-0.1, -0.05) is 55.5 Å². The van der Waals surface area contributed by atoms with E-state index in [-0.39, 0.29) is 16.8 Å². The Kier molecular flexibility index (Phi) is 6.47. The molecule has 36 heavy (non-hydrogen) atoms. The number of phenolic OH excluding ortho intramolecular Hbond substituents is 1. The fourth-order valence-corrected chi connectivity index (χ4v) is 4.09. The minimum atomic E-state index is -0.322. The summed E-state index contributed by atoms with van der Waals surface area (Å²) in [6.45, 7) is 2.07. The second kappa shape index (κ2) is 10.0. The highest BCUT2D eigenvalue weighted by Crippen LogP contribution is 2.33. The van der Waals surface area contributed by atoms with Gasteiger partial charge in [0.1, 0.15) is 11.3 Å². The number of phenols is 1. The van der Waals surface area contributed by atoms with Crippen molar-refractivity contribution in [1.29, 1.82) is 0 Å². The summed E-state index contributed by atoms with van der Waals surface area (Å²) in [6, 6.07) is 28.0. The number of carbonyl (C=O) groups is 1. The maximum Gasteiger partial charge on any atom is 0.257 e. The van der Waals surface area contributed by atoms with Gasteiger partial charge in [0.15, 0.2) is 10.7 Å². The number of rotatable bonds is 5. The number of benzene rings is 4. The van der Waals surface area contributed by atoms with E-state index in [0.717, 1.165) is 28.6 Å². The number of aryl methyl sites for hydroxylation is 1. The third-order valence-corrected chi connectivity index (χ3v) is 6.03. The molecule has 0 spiro atoms. The molecule has 1 aromatic heterocycles. The number of nitrogens with zero attached hydrogens (tertiary/aromatic N) is 1. The molecule has 5 aromatic rings. The standard InChI is InChI=1S/C29H23N3O3S/c1-2-18-8-15-26-24(16-18)31-28(35-26)23-17-22(13-14-25(23)33)30-29(36)32-27(34)21-11-9-20(10-12-21)19-6-4-3-5-7-19/h3-17,33H,2H2,1H3,(H2,30,32,34,36). The van der Waals surface area contributed by atoms with Crippen molar-refractivity contribution in [2.75, 3.05) is 5.32 Å². The van der Waals surface area contributed by atoms with Gasteiger partial charge in [-0.2, -0.15) is 0 Å². The lowest BCUT2D eigenvalue weighted by atomic mass is 10.0. The van der Waals surface area contributed by atoms with E-state index in [4.69, 9.17) is 16.6 Å². The van der Waals surface area contributed by atoms with E-state index in [2.05, 4.69) is 22.5 Å². The number of aromatic nitrogens is 1. The molecule has 0 aliphatic rings. The van der Waals surface area contributed by atoms with Crippen LogP contribution in [0.15, 0.2) is 95.4 Å². The van der Waals surface area contributed by atoms with E-state index < -0.39 is 0 Å². The predicted octanol–water partition coefficient (Wildman–Crippen LogP) is 6.56. The molecule has 4 aromatic carbocycles. The number of hydrogen-bond donors (Lipinski definition) is 3. The Morgan fingerprint density at radius 2 is 1.69 bits per heavy atom. The fourth-order valence-electron chi connectivity index (χ4n) is 3.88. The molecular weight excluding hydrogens is 470 g/mol. The summed E-state index contributed by atoms with van der Waals surface area (Å²) in [4.78, 5) is 17.2. The van der Waals surface area contributed by atoms with Gasteiger partial charge in [-0.25, -0.2) is 4.98 Å². The maximum atomic E-state index is 12.7. The van der Waals surface area contributed by atoms with Gasteiger partial charge in [0, 0.05) is 11.3 Å². The Balaban J connectivity index is 1.28. The van der Waals surface area contributed by atoms with Gasteiger partial charge in [0.2, 0.25) is 5.89 Å². The normalized spacial score (nSPS) is 10.8. The van der Waals surface area contributed by atoms with Gasteiger partial charge in [-0.3, -0.25) is 10.1 Å². The molecule has 0 saturated carbocycles. The monoisotopic (exact) mass is 493 g/mol. The van der Waals surface area contributed by atoms with Crippen molar-refractivity contribution >= 4 is 40.0 Å². The van der Waals surface area contributed by atoms with Crippen molar-refractivity contribution in [1.82, 2.24) is 10.3 Å². The van der Waals surface area contributed by atoms with Crippen molar-refractivity contribution < 1.29 is 14.3 Å². The minimum Gasteiger partial charge on any atom is -0.507 e. The summed E-state index contributed by atoms with van der Waals surface area (Å²) in [5, 5.41) is 16.2. The van der Waals surface area contributed by atoms with Crippen molar-refractivity contribution in [2.45, 2.75) is 13.3 Å². The Bertz CT molecular complexity index is 1560. The molecule has 5 rings (SSSR count). The number of amides is 1. The van der Waals surface area contributed by atoms with Gasteiger partial charge in [0.05, 0.1) is 5.56 Å². The number of aromatic hydroxyl groups is 1. The number of oxazole rings is 1. The van der Waals surface area contributed by atoms with Crippen molar-refractivity contribution in [3.05, 3.63) is 102 Å². The predicted molar refractivity (Wildman–Crippen MR) is 146 cm³/mol. The Hall–Kier alpha value is -4.49. The van der Waals surface area contributed by atoms with Crippen LogP contribution in [0.2, 0.25) is 0 Å². The number of fused-ring (bicyclic) bond motifs is 1. The first-order valence-electron chi connectivity index (χ1n) is 11.5. The van der Waals surface area contributed by atoms with Crippen LogP contribution in [0.5, 0.6) is 5.75 Å². The Labute approximate surface area is 213 Å². The zero-order chi connectivity index (χ0) is 25.1. The molecule has 0 unspecified atom stereocenters. The van der Waals surface area contributed by atoms with E-state index in [1.54, 1.807) is 24.3 Å². The summed E-state index contributed by atoms with van der Waals surface area (Å²) < 4.78 is 5.86. The Morgan fingerprint density at radius 1 is 0.944 bits per heavy atom. The highest BCUT2D eigenvalue weighted by Gasteiger charge is 2.15. The molecular formula is C29H23N3O3S. The maximum absolute atomic E-state index is 12.7. The minimum absolute atomic E-state index is 0.0243. The highest BCUT2D eigenvalue weighted by molar-refractivity contribution is 7.80. The number of carbonyl (C=O) groups excluding carboxylic acids is 1. The van der Waals surface area contributed by atoms with Gasteiger partial charge >= 0.3 is 0 Å². The average Bonchev–Trinajstić information content (AvgIpc) is 3.33. The average molecular weight is 494 g/mol. The molecule has 0 saturated heterocycles. The lowest BCUT2D eigenvalue weighted by Crippen LogP contribution is -2.34. The lowest BCUT2D eigenvalue weighted by molar-refractivity contribution is 0.0977. The number of nitrogens with one attached hydrogen (secondary N) is 2. The molecule has 178 valence electrons. The van der Waals surface area contributed by atoms with Crippen LogP contribution in [0.25, 0.3) is 33.7 Å². The van der Waals surface area contributed by atoms with Gasteiger partial charge in [0.25, 0.3) is 5.91 Å². The summed E-state index contributed by atoms with van der Waals surface area (Å²) in [7, 11) is 0. The van der Waals surface area contributed by atoms with E-state index in [1.807, 2.05) is 60.7 Å². The summed E-state index contributed by atoms with van der Waals surface area (Å²) in [5.74, 6) is 0.000867. The summed E-state index contributed by atoms with van der Waals surface area (Å²) >= 11 is 5.34. The van der Waals surface area contributed by atoms with Crippen LogP contribution in [0.3, 0.4) is 0 Å². The molecule has 0 fully saturated rings. The summed E-state index contributed by atoms with van der Waals surface area (Å²) in [6.07, 6.45) is 0.892. The molecule has 7 heteroatoms. The topological polar surface area (TPSA) is 87.4 Å². The van der Waals surface area contributed by atoms with Crippen molar-refractivity contribution in [3.8, 4) is 28.3 Å². The number of thiocarbonyl (C=S) groups is 1. The van der Waals surface area contributed by atoms with Gasteiger partial charge in [-0.05, 0) is 77.8 Å². The smallest absolute Gasteiger partial charge is 0.257 e. The van der Waals surface area contributed by atoms with Gasteiger partial charge in [-0.15, -0.1) is 0 Å². The quantitative estimate of drug-likeness (QED) is 0.190. The zero-order valence-electron chi connectivity index (χ0n) is 19.5. The third kappa shape index (κ3) is 4.96. The first kappa shape index (κ1) is 23.3. The van der Waals surface area contributed by atoms with Crippen molar-refractivity contribution in [2.24, 2.45) is 0 Å². The highest BCUT2D eigenvalue weighted by atomic mass is 32.1. The number of anilines is 1. The van der Waals surface area contributed by atoms with Crippen LogP contribution in [-0.4, -0.2) is 21.1 Å². The van der Waals surface area contributed by atoms with Crippen LogP contribution < -0.4 is 10.6 Å². The first-order valence-corrected chi connectivity index (χ1v) is 11.9. The summed E-state index contributed by atoms with van der Waals surface area (Å²) in [5.41, 5.74) is 6.10. The largest absolute Gasteiger partial charge is 0.507 e. The van der Waals surface area contributed by atoms with Crippen LogP contribution in [0, 0.1) is 0 Å². The first-order chi connectivity index (χ1) is 17.5.